The third kappa shape index (κ3) is 1.72. The van der Waals surface area contributed by atoms with E-state index in [4.69, 9.17) is 16.7 Å². The number of hydrogen-bond acceptors (Lipinski definition) is 1. The number of carboxylic acids is 1. The Morgan fingerprint density at radius 3 is 2.53 bits per heavy atom. The lowest BCUT2D eigenvalue weighted by molar-refractivity contribution is 0.0695. The summed E-state index contributed by atoms with van der Waals surface area (Å²) in [5, 5.41) is 8.89. The van der Waals surface area contributed by atoms with Crippen LogP contribution in [0.4, 0.5) is 4.39 Å². The van der Waals surface area contributed by atoms with E-state index >= 15 is 0 Å². The molecule has 15 heavy (non-hydrogen) atoms. The second-order valence-corrected chi connectivity index (χ2v) is 4.10. The van der Waals surface area contributed by atoms with Gasteiger partial charge in [-0.2, -0.15) is 0 Å². The number of benzene rings is 1. The molecule has 0 amide bonds. The number of fused-ring (bicyclic) bond motifs is 1. The number of halogens is 2. The SMILES string of the molecule is O=C(O)c1cc(Cl)c(F)c2c1CCCC2. The molecular formula is C11H10ClFO2. The average Bonchev–Trinajstić information content (AvgIpc) is 2.23. The Labute approximate surface area is 91.7 Å². The third-order valence-electron chi connectivity index (χ3n) is 2.77. The molecule has 0 saturated heterocycles. The summed E-state index contributed by atoms with van der Waals surface area (Å²) in [6, 6.07) is 1.21. The quantitative estimate of drug-likeness (QED) is 0.802. The summed E-state index contributed by atoms with van der Waals surface area (Å²) in [6.07, 6.45) is 3.02. The summed E-state index contributed by atoms with van der Waals surface area (Å²) < 4.78 is 13.6. The largest absolute Gasteiger partial charge is 0.478 e. The van der Waals surface area contributed by atoms with Gasteiger partial charge in [0.15, 0.2) is 0 Å². The van der Waals surface area contributed by atoms with Gasteiger partial charge < -0.3 is 5.11 Å². The smallest absolute Gasteiger partial charge is 0.336 e. The van der Waals surface area contributed by atoms with Gasteiger partial charge in [0.25, 0.3) is 0 Å². The molecule has 0 radical (unpaired) electrons. The fourth-order valence-corrected chi connectivity index (χ4v) is 2.28. The van der Waals surface area contributed by atoms with Gasteiger partial charge in [-0.3, -0.25) is 0 Å². The van der Waals surface area contributed by atoms with Crippen molar-refractivity contribution < 1.29 is 14.3 Å². The minimum atomic E-state index is -1.03. The van der Waals surface area contributed by atoms with Crippen molar-refractivity contribution in [2.45, 2.75) is 25.7 Å². The van der Waals surface area contributed by atoms with Gasteiger partial charge >= 0.3 is 5.97 Å². The molecule has 0 heterocycles. The molecule has 0 aliphatic heterocycles. The molecular weight excluding hydrogens is 219 g/mol. The minimum absolute atomic E-state index is 0.0898. The van der Waals surface area contributed by atoms with E-state index in [1.54, 1.807) is 0 Å². The van der Waals surface area contributed by atoms with Gasteiger partial charge in [0.05, 0.1) is 10.6 Å². The van der Waals surface area contributed by atoms with Crippen molar-refractivity contribution in [3.8, 4) is 0 Å². The van der Waals surface area contributed by atoms with Crippen LogP contribution in [0, 0.1) is 5.82 Å². The number of hydrogen-bond donors (Lipinski definition) is 1. The Kier molecular flexibility index (Phi) is 2.65. The molecule has 2 nitrogen and oxygen atoms in total. The Balaban J connectivity index is 2.67. The summed E-state index contributed by atoms with van der Waals surface area (Å²) in [5.74, 6) is -1.48. The predicted molar refractivity (Wildman–Crippen MR) is 55.0 cm³/mol. The Morgan fingerprint density at radius 1 is 1.33 bits per heavy atom. The highest BCUT2D eigenvalue weighted by atomic mass is 35.5. The van der Waals surface area contributed by atoms with Crippen molar-refractivity contribution in [1.29, 1.82) is 0 Å². The van der Waals surface area contributed by atoms with E-state index < -0.39 is 11.8 Å². The summed E-state index contributed by atoms with van der Waals surface area (Å²) in [5.41, 5.74) is 1.26. The van der Waals surface area contributed by atoms with Gasteiger partial charge in [0, 0.05) is 0 Å². The van der Waals surface area contributed by atoms with Crippen molar-refractivity contribution in [2.24, 2.45) is 0 Å². The van der Waals surface area contributed by atoms with Crippen LogP contribution in [0.3, 0.4) is 0 Å². The fourth-order valence-electron chi connectivity index (χ4n) is 2.06. The van der Waals surface area contributed by atoms with Crippen LogP contribution in [0.2, 0.25) is 5.02 Å². The zero-order valence-electron chi connectivity index (χ0n) is 8.02. The standard InChI is InChI=1S/C11H10ClFO2/c12-9-5-8(11(14)15)6-3-1-2-4-7(6)10(9)13/h5H,1-4H2,(H,14,15). The van der Waals surface area contributed by atoms with Gasteiger partial charge in [0.2, 0.25) is 0 Å². The normalized spacial score (nSPS) is 14.8. The van der Waals surface area contributed by atoms with Gasteiger partial charge in [-0.1, -0.05) is 11.6 Å². The van der Waals surface area contributed by atoms with Crippen molar-refractivity contribution in [1.82, 2.24) is 0 Å². The van der Waals surface area contributed by atoms with Crippen LogP contribution in [-0.4, -0.2) is 11.1 Å². The number of rotatable bonds is 1. The van der Waals surface area contributed by atoms with E-state index in [1.807, 2.05) is 0 Å². The molecule has 0 spiro atoms. The highest BCUT2D eigenvalue weighted by molar-refractivity contribution is 6.31. The summed E-state index contributed by atoms with van der Waals surface area (Å²) in [4.78, 5) is 11.0. The molecule has 1 aromatic rings. The van der Waals surface area contributed by atoms with Gasteiger partial charge in [-0.15, -0.1) is 0 Å². The van der Waals surface area contributed by atoms with Crippen LogP contribution in [-0.2, 0) is 12.8 Å². The van der Waals surface area contributed by atoms with Crippen LogP contribution in [0.5, 0.6) is 0 Å². The first-order valence-electron chi connectivity index (χ1n) is 4.84. The summed E-state index contributed by atoms with van der Waals surface area (Å²) in [6.45, 7) is 0. The fraction of sp³-hybridized carbons (Fsp3) is 0.364. The molecule has 1 aromatic carbocycles. The first-order valence-corrected chi connectivity index (χ1v) is 5.22. The van der Waals surface area contributed by atoms with Crippen molar-refractivity contribution in [3.05, 3.63) is 33.6 Å². The van der Waals surface area contributed by atoms with Gasteiger partial charge in [-0.05, 0) is 42.9 Å². The molecule has 4 heteroatoms. The van der Waals surface area contributed by atoms with Crippen molar-refractivity contribution in [2.75, 3.05) is 0 Å². The van der Waals surface area contributed by atoms with E-state index in [9.17, 15) is 9.18 Å². The second-order valence-electron chi connectivity index (χ2n) is 3.69. The highest BCUT2D eigenvalue weighted by Gasteiger charge is 2.22. The van der Waals surface area contributed by atoms with Crippen LogP contribution >= 0.6 is 11.6 Å². The van der Waals surface area contributed by atoms with Crippen LogP contribution in [0.15, 0.2) is 6.07 Å². The van der Waals surface area contributed by atoms with Crippen LogP contribution in [0.25, 0.3) is 0 Å². The molecule has 0 fully saturated rings. The second kappa shape index (κ2) is 3.81. The van der Waals surface area contributed by atoms with Gasteiger partial charge in [-0.25, -0.2) is 9.18 Å². The summed E-state index contributed by atoms with van der Waals surface area (Å²) in [7, 11) is 0. The highest BCUT2D eigenvalue weighted by Crippen LogP contribution is 2.31. The number of carbonyl (C=O) groups is 1. The van der Waals surface area contributed by atoms with Crippen molar-refractivity contribution >= 4 is 17.6 Å². The lowest BCUT2D eigenvalue weighted by Gasteiger charge is -2.19. The van der Waals surface area contributed by atoms with Gasteiger partial charge in [0.1, 0.15) is 5.82 Å². The Morgan fingerprint density at radius 2 is 1.93 bits per heavy atom. The molecule has 2 rings (SSSR count). The van der Waals surface area contributed by atoms with E-state index in [0.717, 1.165) is 12.8 Å². The monoisotopic (exact) mass is 228 g/mol. The Bertz CT molecular complexity index is 429. The third-order valence-corrected chi connectivity index (χ3v) is 3.04. The molecule has 1 aliphatic rings. The molecule has 1 N–H and O–H groups in total. The molecule has 0 unspecified atom stereocenters. The Hall–Kier alpha value is -1.09. The zero-order valence-corrected chi connectivity index (χ0v) is 8.77. The number of carboxylic acid groups (broad SMARTS) is 1. The average molecular weight is 229 g/mol. The van der Waals surface area contributed by atoms with E-state index in [1.165, 1.54) is 6.07 Å². The molecule has 80 valence electrons. The first-order chi connectivity index (χ1) is 7.11. The lowest BCUT2D eigenvalue weighted by Crippen LogP contribution is -2.12. The van der Waals surface area contributed by atoms with E-state index in [0.29, 0.717) is 24.0 Å². The minimum Gasteiger partial charge on any atom is -0.478 e. The van der Waals surface area contributed by atoms with E-state index in [-0.39, 0.29) is 10.6 Å². The molecule has 0 saturated carbocycles. The van der Waals surface area contributed by atoms with Crippen LogP contribution in [0.1, 0.15) is 34.3 Å². The number of aromatic carboxylic acids is 1. The molecule has 0 bridgehead atoms. The molecule has 0 aromatic heterocycles. The zero-order chi connectivity index (χ0) is 11.0. The molecule has 1 aliphatic carbocycles. The van der Waals surface area contributed by atoms with Crippen molar-refractivity contribution in [3.63, 3.8) is 0 Å². The predicted octanol–water partition coefficient (Wildman–Crippen LogP) is 3.06. The first kappa shape index (κ1) is 10.4. The topological polar surface area (TPSA) is 37.3 Å². The maximum atomic E-state index is 13.6. The van der Waals surface area contributed by atoms with E-state index in [2.05, 4.69) is 0 Å². The lowest BCUT2D eigenvalue weighted by atomic mass is 9.88. The molecule has 0 atom stereocenters. The summed E-state index contributed by atoms with van der Waals surface area (Å²) >= 11 is 5.66. The maximum absolute atomic E-state index is 13.6. The maximum Gasteiger partial charge on any atom is 0.336 e. The van der Waals surface area contributed by atoms with Crippen LogP contribution < -0.4 is 0 Å².